The molecule has 0 spiro atoms. The van der Waals surface area contributed by atoms with Crippen LogP contribution < -0.4 is 0 Å². The zero-order valence-corrected chi connectivity index (χ0v) is 14.0. The number of carbonyl (C=O) groups excluding carboxylic acids is 1. The molecule has 0 unspecified atom stereocenters. The molecule has 0 bridgehead atoms. The van der Waals surface area contributed by atoms with E-state index in [9.17, 15) is 4.79 Å². The Morgan fingerprint density at radius 1 is 1.25 bits per heavy atom. The van der Waals surface area contributed by atoms with Gasteiger partial charge in [0.1, 0.15) is 5.15 Å². The summed E-state index contributed by atoms with van der Waals surface area (Å²) in [5.41, 5.74) is 2.06. The molecule has 2 heterocycles. The molecule has 0 saturated heterocycles. The Morgan fingerprint density at radius 2 is 2.08 bits per heavy atom. The largest absolute Gasteiger partial charge is 0.452 e. The molecule has 1 aromatic carbocycles. The summed E-state index contributed by atoms with van der Waals surface area (Å²) in [5.74, 6) is -0.0646. The highest BCUT2D eigenvalue weighted by molar-refractivity contribution is 6.41. The molecular formula is C16H11Cl2N3O3. The van der Waals surface area contributed by atoms with Gasteiger partial charge in [0.25, 0.3) is 5.89 Å². The Bertz CT molecular complexity index is 896. The van der Waals surface area contributed by atoms with Gasteiger partial charge in [0.05, 0.1) is 10.6 Å². The maximum Gasteiger partial charge on any atom is 0.340 e. The number of hydrogen-bond donors (Lipinski definition) is 0. The molecule has 0 aliphatic rings. The van der Waals surface area contributed by atoms with Crippen molar-refractivity contribution >= 4 is 29.2 Å². The standard InChI is InChI=1S/C16H11Cl2N3O3/c1-9-3-2-4-10(5-9)15-21-20-13(24-15)8-23-16(22)11-6-12(17)14(18)19-7-11/h2-7H,8H2,1H3. The van der Waals surface area contributed by atoms with Crippen molar-refractivity contribution in [3.05, 3.63) is 63.7 Å². The summed E-state index contributed by atoms with van der Waals surface area (Å²) in [7, 11) is 0. The molecule has 0 saturated carbocycles. The number of pyridine rings is 1. The number of benzene rings is 1. The third-order valence-electron chi connectivity index (χ3n) is 3.09. The Balaban J connectivity index is 1.67. The van der Waals surface area contributed by atoms with Crippen LogP contribution in [0.2, 0.25) is 10.2 Å². The van der Waals surface area contributed by atoms with Gasteiger partial charge >= 0.3 is 5.97 Å². The van der Waals surface area contributed by atoms with Gasteiger partial charge in [-0.15, -0.1) is 10.2 Å². The lowest BCUT2D eigenvalue weighted by atomic mass is 10.1. The van der Waals surface area contributed by atoms with Crippen molar-refractivity contribution < 1.29 is 13.9 Å². The molecular weight excluding hydrogens is 353 g/mol. The fourth-order valence-electron chi connectivity index (χ4n) is 1.95. The Labute approximate surface area is 147 Å². The molecule has 3 aromatic rings. The normalized spacial score (nSPS) is 10.6. The van der Waals surface area contributed by atoms with Gasteiger partial charge in [-0.25, -0.2) is 9.78 Å². The average Bonchev–Trinajstić information content (AvgIpc) is 3.04. The summed E-state index contributed by atoms with van der Waals surface area (Å²) in [6, 6.07) is 9.02. The second-order valence-corrected chi connectivity index (χ2v) is 5.71. The minimum absolute atomic E-state index is 0.118. The summed E-state index contributed by atoms with van der Waals surface area (Å²) in [6.45, 7) is 1.81. The molecule has 0 amide bonds. The molecule has 122 valence electrons. The lowest BCUT2D eigenvalue weighted by Gasteiger charge is -2.02. The fraction of sp³-hybridized carbons (Fsp3) is 0.125. The molecule has 0 radical (unpaired) electrons. The topological polar surface area (TPSA) is 78.1 Å². The van der Waals surface area contributed by atoms with Crippen molar-refractivity contribution in [3.63, 3.8) is 0 Å². The zero-order valence-electron chi connectivity index (χ0n) is 12.5. The molecule has 0 fully saturated rings. The molecule has 0 atom stereocenters. The van der Waals surface area contributed by atoms with Gasteiger partial charge in [-0.3, -0.25) is 0 Å². The third-order valence-corrected chi connectivity index (χ3v) is 3.78. The summed E-state index contributed by atoms with van der Waals surface area (Å²) < 4.78 is 10.6. The number of esters is 1. The van der Waals surface area contributed by atoms with Crippen molar-refractivity contribution in [2.45, 2.75) is 13.5 Å². The van der Waals surface area contributed by atoms with Crippen LogP contribution in [-0.2, 0) is 11.3 Å². The van der Waals surface area contributed by atoms with Crippen molar-refractivity contribution in [1.29, 1.82) is 0 Å². The number of nitrogens with zero attached hydrogens (tertiary/aromatic N) is 3. The summed E-state index contributed by atoms with van der Waals surface area (Å²) in [4.78, 5) is 15.7. The zero-order chi connectivity index (χ0) is 17.1. The number of halogens is 2. The number of carbonyl (C=O) groups is 1. The lowest BCUT2D eigenvalue weighted by molar-refractivity contribution is 0.0438. The van der Waals surface area contributed by atoms with E-state index >= 15 is 0 Å². The molecule has 0 N–H and O–H groups in total. The van der Waals surface area contributed by atoms with Crippen LogP contribution in [0.5, 0.6) is 0 Å². The molecule has 0 aliphatic heterocycles. The quantitative estimate of drug-likeness (QED) is 0.512. The van der Waals surface area contributed by atoms with Gasteiger partial charge in [0.2, 0.25) is 5.89 Å². The highest BCUT2D eigenvalue weighted by atomic mass is 35.5. The van der Waals surface area contributed by atoms with Crippen LogP contribution in [-0.4, -0.2) is 21.2 Å². The summed E-state index contributed by atoms with van der Waals surface area (Å²) in [6.07, 6.45) is 1.28. The molecule has 8 heteroatoms. The number of rotatable bonds is 4. The Morgan fingerprint density at radius 3 is 2.83 bits per heavy atom. The smallest absolute Gasteiger partial charge is 0.340 e. The van der Waals surface area contributed by atoms with Crippen molar-refractivity contribution in [1.82, 2.24) is 15.2 Å². The van der Waals surface area contributed by atoms with E-state index in [2.05, 4.69) is 15.2 Å². The molecule has 3 rings (SSSR count). The predicted octanol–water partition coefficient (Wildman–Crippen LogP) is 4.10. The number of hydrogen-bond acceptors (Lipinski definition) is 6. The third kappa shape index (κ3) is 3.72. The molecule has 0 aliphatic carbocycles. The van der Waals surface area contributed by atoms with Crippen LogP contribution in [0, 0.1) is 6.92 Å². The second kappa shape index (κ2) is 6.98. The van der Waals surface area contributed by atoms with E-state index < -0.39 is 5.97 Å². The van der Waals surface area contributed by atoms with E-state index in [1.807, 2.05) is 31.2 Å². The van der Waals surface area contributed by atoms with Crippen LogP contribution >= 0.6 is 23.2 Å². The highest BCUT2D eigenvalue weighted by Gasteiger charge is 2.14. The summed E-state index contributed by atoms with van der Waals surface area (Å²) in [5, 5.41) is 8.10. The van der Waals surface area contributed by atoms with E-state index in [1.165, 1.54) is 12.3 Å². The van der Waals surface area contributed by atoms with Gasteiger partial charge in [0.15, 0.2) is 6.61 Å². The van der Waals surface area contributed by atoms with E-state index in [0.29, 0.717) is 5.89 Å². The molecule has 24 heavy (non-hydrogen) atoms. The first-order valence-electron chi connectivity index (χ1n) is 6.90. The first kappa shape index (κ1) is 16.4. The predicted molar refractivity (Wildman–Crippen MR) is 87.8 cm³/mol. The monoisotopic (exact) mass is 363 g/mol. The van der Waals surface area contributed by atoms with E-state index in [4.69, 9.17) is 32.4 Å². The van der Waals surface area contributed by atoms with Crippen LogP contribution in [0.3, 0.4) is 0 Å². The van der Waals surface area contributed by atoms with Gasteiger partial charge in [-0.2, -0.15) is 0 Å². The van der Waals surface area contributed by atoms with E-state index in [0.717, 1.165) is 11.1 Å². The molecule has 6 nitrogen and oxygen atoms in total. The van der Waals surface area contributed by atoms with Crippen molar-refractivity contribution in [2.75, 3.05) is 0 Å². The van der Waals surface area contributed by atoms with E-state index in [-0.39, 0.29) is 28.2 Å². The van der Waals surface area contributed by atoms with Crippen LogP contribution in [0.4, 0.5) is 0 Å². The van der Waals surface area contributed by atoms with Crippen LogP contribution in [0.15, 0.2) is 40.9 Å². The van der Waals surface area contributed by atoms with Gasteiger partial charge < -0.3 is 9.15 Å². The van der Waals surface area contributed by atoms with Crippen molar-refractivity contribution in [2.24, 2.45) is 0 Å². The molecule has 2 aromatic heterocycles. The first-order chi connectivity index (χ1) is 11.5. The maximum absolute atomic E-state index is 11.9. The second-order valence-electron chi connectivity index (χ2n) is 4.94. The number of aryl methyl sites for hydroxylation is 1. The van der Waals surface area contributed by atoms with Gasteiger partial charge in [-0.05, 0) is 25.1 Å². The minimum Gasteiger partial charge on any atom is -0.452 e. The minimum atomic E-state index is -0.614. The SMILES string of the molecule is Cc1cccc(-c2nnc(COC(=O)c3cnc(Cl)c(Cl)c3)o2)c1. The Kier molecular flexibility index (Phi) is 4.78. The fourth-order valence-corrected chi connectivity index (χ4v) is 2.22. The van der Waals surface area contributed by atoms with E-state index in [1.54, 1.807) is 0 Å². The number of ether oxygens (including phenoxy) is 1. The lowest BCUT2D eigenvalue weighted by Crippen LogP contribution is -2.06. The van der Waals surface area contributed by atoms with Crippen molar-refractivity contribution in [3.8, 4) is 11.5 Å². The van der Waals surface area contributed by atoms with Gasteiger partial charge in [-0.1, -0.05) is 40.9 Å². The maximum atomic E-state index is 11.9. The number of aromatic nitrogens is 3. The highest BCUT2D eigenvalue weighted by Crippen LogP contribution is 2.21. The van der Waals surface area contributed by atoms with Gasteiger partial charge in [0, 0.05) is 11.8 Å². The van der Waals surface area contributed by atoms with Crippen LogP contribution in [0.25, 0.3) is 11.5 Å². The summed E-state index contributed by atoms with van der Waals surface area (Å²) >= 11 is 11.5. The van der Waals surface area contributed by atoms with Crippen LogP contribution in [0.1, 0.15) is 21.8 Å². The Hall–Kier alpha value is -2.44. The first-order valence-corrected chi connectivity index (χ1v) is 7.66. The average molecular weight is 364 g/mol.